The summed E-state index contributed by atoms with van der Waals surface area (Å²) >= 11 is 0. The topological polar surface area (TPSA) is 93.0 Å². The van der Waals surface area contributed by atoms with Gasteiger partial charge in [0, 0.05) is 0 Å². The standard InChI is InChI=1S/C5H3NO5/c7-3-1-2(6-11-3)4(8)5(9)10/h1H2,(H,9,10). The fourth-order valence-electron chi connectivity index (χ4n) is 0.552. The normalized spacial score (nSPS) is 15.6. The highest BCUT2D eigenvalue weighted by molar-refractivity contribution is 6.64. The van der Waals surface area contributed by atoms with Crippen LogP contribution in [0.3, 0.4) is 0 Å². The Kier molecular flexibility index (Phi) is 1.67. The Morgan fingerprint density at radius 1 is 1.55 bits per heavy atom. The number of carbonyl (C=O) groups excluding carboxylic acids is 2. The third-order valence-corrected chi connectivity index (χ3v) is 1.03. The molecule has 1 aliphatic rings. The van der Waals surface area contributed by atoms with E-state index >= 15 is 0 Å². The van der Waals surface area contributed by atoms with E-state index in [0.717, 1.165) is 0 Å². The monoisotopic (exact) mass is 157 g/mol. The zero-order valence-electron chi connectivity index (χ0n) is 5.23. The first-order valence-corrected chi connectivity index (χ1v) is 2.65. The van der Waals surface area contributed by atoms with Crippen LogP contribution >= 0.6 is 0 Å². The lowest BCUT2D eigenvalue weighted by Gasteiger charge is -1.85. The molecule has 0 aromatic carbocycles. The largest absolute Gasteiger partial charge is 0.475 e. The molecule has 0 aromatic heterocycles. The van der Waals surface area contributed by atoms with E-state index < -0.39 is 17.7 Å². The highest BCUT2D eigenvalue weighted by Crippen LogP contribution is 2.02. The van der Waals surface area contributed by atoms with E-state index in [-0.39, 0.29) is 12.1 Å². The van der Waals surface area contributed by atoms with Crippen molar-refractivity contribution in [3.8, 4) is 0 Å². The van der Waals surface area contributed by atoms with Gasteiger partial charge in [-0.05, 0) is 0 Å². The summed E-state index contributed by atoms with van der Waals surface area (Å²) in [4.78, 5) is 34.8. The van der Waals surface area contributed by atoms with Crippen molar-refractivity contribution in [1.29, 1.82) is 0 Å². The molecule has 1 rings (SSSR count). The minimum Gasteiger partial charge on any atom is -0.475 e. The molecule has 1 aliphatic heterocycles. The number of oxime groups is 1. The number of ketones is 1. The van der Waals surface area contributed by atoms with E-state index in [4.69, 9.17) is 5.11 Å². The van der Waals surface area contributed by atoms with Gasteiger partial charge in [-0.3, -0.25) is 4.79 Å². The van der Waals surface area contributed by atoms with Crippen LogP contribution in [0.2, 0.25) is 0 Å². The quantitative estimate of drug-likeness (QED) is 0.407. The van der Waals surface area contributed by atoms with Crippen LogP contribution in [0.1, 0.15) is 6.42 Å². The molecule has 6 heteroatoms. The highest BCUT2D eigenvalue weighted by atomic mass is 16.7. The fraction of sp³-hybridized carbons (Fsp3) is 0.200. The first-order valence-electron chi connectivity index (χ1n) is 2.65. The van der Waals surface area contributed by atoms with Gasteiger partial charge in [0.05, 0.1) is 6.42 Å². The molecule has 0 aromatic rings. The van der Waals surface area contributed by atoms with Gasteiger partial charge >= 0.3 is 11.9 Å². The van der Waals surface area contributed by atoms with Crippen LogP contribution < -0.4 is 0 Å². The van der Waals surface area contributed by atoms with Gasteiger partial charge in [-0.25, -0.2) is 9.59 Å². The van der Waals surface area contributed by atoms with Gasteiger partial charge in [-0.2, -0.15) is 0 Å². The molecular formula is C5H3NO5. The Bertz CT molecular complexity index is 266. The molecule has 0 saturated carbocycles. The summed E-state index contributed by atoms with van der Waals surface area (Å²) in [5.41, 5.74) is -0.359. The van der Waals surface area contributed by atoms with Crippen LogP contribution in [0.5, 0.6) is 0 Å². The van der Waals surface area contributed by atoms with Crippen LogP contribution in [0.4, 0.5) is 0 Å². The van der Waals surface area contributed by atoms with Crippen molar-refractivity contribution in [3.63, 3.8) is 0 Å². The van der Waals surface area contributed by atoms with E-state index in [1.54, 1.807) is 0 Å². The van der Waals surface area contributed by atoms with Gasteiger partial charge in [0.25, 0.3) is 5.78 Å². The van der Waals surface area contributed by atoms with E-state index in [1.165, 1.54) is 0 Å². The molecule has 0 fully saturated rings. The summed E-state index contributed by atoms with van der Waals surface area (Å²) in [6.07, 6.45) is -0.356. The maximum atomic E-state index is 10.5. The van der Waals surface area contributed by atoms with Gasteiger partial charge in [-0.1, -0.05) is 5.16 Å². The average Bonchev–Trinajstić information content (AvgIpc) is 2.34. The van der Waals surface area contributed by atoms with Crippen molar-refractivity contribution < 1.29 is 24.3 Å². The van der Waals surface area contributed by atoms with Crippen LogP contribution in [-0.4, -0.2) is 28.5 Å². The number of hydrogen-bond donors (Lipinski definition) is 1. The van der Waals surface area contributed by atoms with E-state index in [0.29, 0.717) is 0 Å². The smallest absolute Gasteiger partial charge is 0.378 e. The average molecular weight is 157 g/mol. The molecule has 0 bridgehead atoms. The number of Topliss-reactive ketones (excluding diaryl/α,β-unsaturated/α-hetero) is 1. The van der Waals surface area contributed by atoms with Crippen molar-refractivity contribution >= 4 is 23.4 Å². The lowest BCUT2D eigenvalue weighted by atomic mass is 10.2. The Morgan fingerprint density at radius 2 is 2.18 bits per heavy atom. The van der Waals surface area contributed by atoms with Gasteiger partial charge in [0.2, 0.25) is 0 Å². The van der Waals surface area contributed by atoms with Crippen molar-refractivity contribution in [2.75, 3.05) is 0 Å². The van der Waals surface area contributed by atoms with Gasteiger partial charge in [0.1, 0.15) is 5.71 Å². The van der Waals surface area contributed by atoms with Gasteiger partial charge < -0.3 is 9.94 Å². The molecule has 0 atom stereocenters. The van der Waals surface area contributed by atoms with E-state index in [1.807, 2.05) is 0 Å². The zero-order chi connectivity index (χ0) is 8.43. The molecule has 0 aliphatic carbocycles. The second kappa shape index (κ2) is 2.49. The Morgan fingerprint density at radius 3 is 2.55 bits per heavy atom. The second-order valence-electron chi connectivity index (χ2n) is 1.81. The molecule has 0 unspecified atom stereocenters. The summed E-state index contributed by atoms with van der Waals surface area (Å²) in [5.74, 6) is -3.55. The SMILES string of the molecule is O=C1CC(C(=O)C(=O)O)=NO1. The first-order chi connectivity index (χ1) is 5.11. The molecule has 11 heavy (non-hydrogen) atoms. The van der Waals surface area contributed by atoms with Crippen molar-refractivity contribution in [2.45, 2.75) is 6.42 Å². The zero-order valence-corrected chi connectivity index (χ0v) is 5.23. The number of carbonyl (C=O) groups is 3. The number of nitrogens with zero attached hydrogens (tertiary/aromatic N) is 1. The van der Waals surface area contributed by atoms with E-state index in [9.17, 15) is 14.4 Å². The molecule has 0 radical (unpaired) electrons. The van der Waals surface area contributed by atoms with Crippen molar-refractivity contribution in [3.05, 3.63) is 0 Å². The third kappa shape index (κ3) is 1.40. The molecule has 0 spiro atoms. The molecular weight excluding hydrogens is 154 g/mol. The molecule has 0 amide bonds. The summed E-state index contributed by atoms with van der Waals surface area (Å²) < 4.78 is 0. The minimum atomic E-state index is -1.64. The molecule has 6 nitrogen and oxygen atoms in total. The maximum absolute atomic E-state index is 10.5. The van der Waals surface area contributed by atoms with Crippen molar-refractivity contribution in [1.82, 2.24) is 0 Å². The van der Waals surface area contributed by atoms with Crippen LogP contribution in [0.25, 0.3) is 0 Å². The number of rotatable bonds is 2. The molecule has 1 N–H and O–H groups in total. The molecule has 58 valence electrons. The van der Waals surface area contributed by atoms with Gasteiger partial charge in [0.15, 0.2) is 0 Å². The first kappa shape index (κ1) is 7.39. The summed E-state index contributed by atoms with van der Waals surface area (Å²) in [6, 6.07) is 0. The Labute approximate surface area is 60.4 Å². The van der Waals surface area contributed by atoms with Gasteiger partial charge in [-0.15, -0.1) is 0 Å². The summed E-state index contributed by atoms with van der Waals surface area (Å²) in [7, 11) is 0. The fourth-order valence-corrected chi connectivity index (χ4v) is 0.552. The minimum absolute atomic E-state index is 0.356. The number of carboxylic acid groups (broad SMARTS) is 1. The maximum Gasteiger partial charge on any atom is 0.378 e. The van der Waals surface area contributed by atoms with Crippen LogP contribution in [0, 0.1) is 0 Å². The molecule has 1 heterocycles. The number of carboxylic acids is 1. The van der Waals surface area contributed by atoms with Crippen LogP contribution in [-0.2, 0) is 19.2 Å². The Balaban J connectivity index is 2.71. The number of hydrogen-bond acceptors (Lipinski definition) is 5. The summed E-state index contributed by atoms with van der Waals surface area (Å²) in [6.45, 7) is 0. The Hall–Kier alpha value is -1.72. The van der Waals surface area contributed by atoms with Crippen molar-refractivity contribution in [2.24, 2.45) is 5.16 Å². The third-order valence-electron chi connectivity index (χ3n) is 1.03. The lowest BCUT2D eigenvalue weighted by molar-refractivity contribution is -0.145. The lowest BCUT2D eigenvalue weighted by Crippen LogP contribution is -2.22. The second-order valence-corrected chi connectivity index (χ2v) is 1.81. The summed E-state index contributed by atoms with van der Waals surface area (Å²) in [5, 5.41) is 11.1. The molecule has 0 saturated heterocycles. The van der Waals surface area contributed by atoms with E-state index in [2.05, 4.69) is 9.99 Å². The highest BCUT2D eigenvalue weighted by Gasteiger charge is 2.28. The van der Waals surface area contributed by atoms with Crippen LogP contribution in [0.15, 0.2) is 5.16 Å². The predicted octanol–water partition coefficient (Wildman–Crippen LogP) is -1.06. The predicted molar refractivity (Wildman–Crippen MR) is 30.8 cm³/mol. The number of aliphatic carboxylic acids is 1.